The summed E-state index contributed by atoms with van der Waals surface area (Å²) in [5.41, 5.74) is 8.65. The number of thiophene rings is 1. The third-order valence-corrected chi connectivity index (χ3v) is 6.18. The second-order valence-electron chi connectivity index (χ2n) is 8.05. The molecule has 5 heteroatoms. The molecule has 136 valence electrons. The predicted molar refractivity (Wildman–Crippen MR) is 108 cm³/mol. The lowest BCUT2D eigenvalue weighted by Crippen LogP contribution is -2.36. The number of amides is 1. The van der Waals surface area contributed by atoms with E-state index >= 15 is 0 Å². The van der Waals surface area contributed by atoms with Gasteiger partial charge in [0.15, 0.2) is 0 Å². The zero-order valence-electron chi connectivity index (χ0n) is 15.6. The number of hydrogen-bond acceptors (Lipinski definition) is 4. The van der Waals surface area contributed by atoms with Crippen molar-refractivity contribution in [3.63, 3.8) is 0 Å². The minimum absolute atomic E-state index is 0.243. The molecule has 1 aliphatic carbocycles. The predicted octanol–water partition coefficient (Wildman–Crippen LogP) is 3.65. The molecule has 3 N–H and O–H groups in total. The molecule has 0 fully saturated rings. The highest BCUT2D eigenvalue weighted by Gasteiger charge is 2.29. The first-order valence-electron chi connectivity index (χ1n) is 8.82. The Labute approximate surface area is 158 Å². The van der Waals surface area contributed by atoms with Crippen LogP contribution >= 0.6 is 11.3 Å². The van der Waals surface area contributed by atoms with E-state index in [4.69, 9.17) is 17.1 Å². The van der Waals surface area contributed by atoms with E-state index in [1.807, 2.05) is 6.07 Å². The SMILES string of the molecule is C#C[C@H](NC(=O)c1cc2cc3c(nc2s1)CCC(C(C)(C)C)C3)C(=C)N. The summed E-state index contributed by atoms with van der Waals surface area (Å²) in [6, 6.07) is 3.42. The van der Waals surface area contributed by atoms with E-state index in [2.05, 4.69) is 44.7 Å². The summed E-state index contributed by atoms with van der Waals surface area (Å²) < 4.78 is 0. The molecule has 3 rings (SSSR count). The lowest BCUT2D eigenvalue weighted by Gasteiger charge is -2.34. The van der Waals surface area contributed by atoms with E-state index in [1.165, 1.54) is 22.6 Å². The molecule has 2 aromatic heterocycles. The van der Waals surface area contributed by atoms with Crippen molar-refractivity contribution in [2.24, 2.45) is 17.1 Å². The molecule has 2 atom stereocenters. The Morgan fingerprint density at radius 3 is 2.85 bits per heavy atom. The smallest absolute Gasteiger partial charge is 0.262 e. The van der Waals surface area contributed by atoms with Crippen LogP contribution in [0.4, 0.5) is 0 Å². The fraction of sp³-hybridized carbons (Fsp3) is 0.429. The molecular weight excluding hydrogens is 342 g/mol. The fourth-order valence-corrected chi connectivity index (χ4v) is 4.36. The maximum Gasteiger partial charge on any atom is 0.262 e. The van der Waals surface area contributed by atoms with Gasteiger partial charge in [-0.3, -0.25) is 4.79 Å². The Bertz CT molecular complexity index is 914. The second kappa shape index (κ2) is 6.77. The molecule has 0 saturated heterocycles. The van der Waals surface area contributed by atoms with Crippen molar-refractivity contribution in [2.45, 2.75) is 46.1 Å². The number of terminal acetylenes is 1. The lowest BCUT2D eigenvalue weighted by molar-refractivity contribution is 0.0954. The zero-order valence-corrected chi connectivity index (χ0v) is 16.4. The normalized spacial score (nSPS) is 18.0. The van der Waals surface area contributed by atoms with Crippen LogP contribution in [0.5, 0.6) is 0 Å². The Morgan fingerprint density at radius 2 is 2.23 bits per heavy atom. The number of rotatable bonds is 3. The molecule has 0 spiro atoms. The minimum Gasteiger partial charge on any atom is -0.400 e. The van der Waals surface area contributed by atoms with E-state index in [9.17, 15) is 4.79 Å². The van der Waals surface area contributed by atoms with Crippen LogP contribution in [0.2, 0.25) is 0 Å². The molecule has 2 aromatic rings. The van der Waals surface area contributed by atoms with Gasteiger partial charge in [-0.15, -0.1) is 17.8 Å². The zero-order chi connectivity index (χ0) is 19.1. The highest BCUT2D eigenvalue weighted by Crippen LogP contribution is 2.38. The van der Waals surface area contributed by atoms with Gasteiger partial charge in [0.25, 0.3) is 5.91 Å². The molecule has 1 aliphatic rings. The van der Waals surface area contributed by atoms with Crippen LogP contribution in [0, 0.1) is 23.7 Å². The maximum absolute atomic E-state index is 12.5. The van der Waals surface area contributed by atoms with Gasteiger partial charge >= 0.3 is 0 Å². The Balaban J connectivity index is 1.88. The third-order valence-electron chi connectivity index (χ3n) is 5.13. The average molecular weight is 368 g/mol. The Kier molecular flexibility index (Phi) is 4.81. The molecule has 0 saturated carbocycles. The maximum atomic E-state index is 12.5. The molecule has 26 heavy (non-hydrogen) atoms. The van der Waals surface area contributed by atoms with Crippen LogP contribution < -0.4 is 11.1 Å². The first kappa shape index (κ1) is 18.5. The van der Waals surface area contributed by atoms with E-state index in [-0.39, 0.29) is 11.6 Å². The summed E-state index contributed by atoms with van der Waals surface area (Å²) in [7, 11) is 0. The van der Waals surface area contributed by atoms with E-state index < -0.39 is 6.04 Å². The molecule has 1 unspecified atom stereocenters. The number of carbonyl (C=O) groups excluding carboxylic acids is 1. The van der Waals surface area contributed by atoms with Crippen LogP contribution in [0.15, 0.2) is 24.4 Å². The minimum atomic E-state index is -0.665. The number of nitrogens with zero attached hydrogens (tertiary/aromatic N) is 1. The van der Waals surface area contributed by atoms with E-state index in [0.717, 1.165) is 29.5 Å². The molecular formula is C21H25N3OS. The average Bonchev–Trinajstić information content (AvgIpc) is 2.98. The summed E-state index contributed by atoms with van der Waals surface area (Å²) in [6.07, 6.45) is 8.60. The second-order valence-corrected chi connectivity index (χ2v) is 9.08. The van der Waals surface area contributed by atoms with Crippen molar-refractivity contribution in [1.29, 1.82) is 0 Å². The molecule has 1 amide bonds. The molecule has 0 aromatic carbocycles. The van der Waals surface area contributed by atoms with Crippen molar-refractivity contribution in [3.8, 4) is 12.3 Å². The van der Waals surface area contributed by atoms with Crippen molar-refractivity contribution in [1.82, 2.24) is 10.3 Å². The van der Waals surface area contributed by atoms with Gasteiger partial charge in [0.1, 0.15) is 10.9 Å². The van der Waals surface area contributed by atoms with Gasteiger partial charge in [-0.1, -0.05) is 33.3 Å². The van der Waals surface area contributed by atoms with Crippen LogP contribution in [-0.4, -0.2) is 16.9 Å². The number of aryl methyl sites for hydroxylation is 1. The Morgan fingerprint density at radius 1 is 1.50 bits per heavy atom. The summed E-state index contributed by atoms with van der Waals surface area (Å²) in [5, 5.41) is 3.73. The van der Waals surface area contributed by atoms with Crippen LogP contribution in [0.3, 0.4) is 0 Å². The summed E-state index contributed by atoms with van der Waals surface area (Å²) in [6.45, 7) is 10.5. The van der Waals surface area contributed by atoms with Crippen LogP contribution in [-0.2, 0) is 12.8 Å². The number of aromatic nitrogens is 1. The summed E-state index contributed by atoms with van der Waals surface area (Å²) in [4.78, 5) is 18.8. The number of pyridine rings is 1. The van der Waals surface area contributed by atoms with Crippen LogP contribution in [0.1, 0.15) is 48.1 Å². The van der Waals surface area contributed by atoms with Gasteiger partial charge in [-0.25, -0.2) is 4.98 Å². The van der Waals surface area contributed by atoms with Gasteiger partial charge in [-0.05, 0) is 48.3 Å². The Hall–Kier alpha value is -2.32. The van der Waals surface area contributed by atoms with Gasteiger partial charge in [0.2, 0.25) is 0 Å². The quantitative estimate of drug-likeness (QED) is 0.814. The number of fused-ring (bicyclic) bond motifs is 2. The number of nitrogens with one attached hydrogen (secondary N) is 1. The monoisotopic (exact) mass is 367 g/mol. The highest BCUT2D eigenvalue weighted by molar-refractivity contribution is 7.20. The third kappa shape index (κ3) is 3.61. The standard InChI is InChI=1S/C21H25N3OS/c1-6-16(12(2)22)23-19(25)18-11-14-9-13-10-15(21(3,4)5)7-8-17(13)24-20(14)26-18/h1,9,11,15-16H,2,7-8,10,22H2,3-5H3,(H,23,25)/t15?,16-/m0/s1. The largest absolute Gasteiger partial charge is 0.400 e. The van der Waals surface area contributed by atoms with Crippen molar-refractivity contribution in [3.05, 3.63) is 40.5 Å². The topological polar surface area (TPSA) is 68.0 Å². The summed E-state index contributed by atoms with van der Waals surface area (Å²) in [5.74, 6) is 2.84. The van der Waals surface area contributed by atoms with E-state index in [1.54, 1.807) is 0 Å². The number of hydrogen-bond donors (Lipinski definition) is 2. The van der Waals surface area contributed by atoms with E-state index in [0.29, 0.717) is 16.2 Å². The van der Waals surface area contributed by atoms with Gasteiger partial charge in [-0.2, -0.15) is 0 Å². The first-order chi connectivity index (χ1) is 12.2. The van der Waals surface area contributed by atoms with Gasteiger partial charge in [0, 0.05) is 16.8 Å². The van der Waals surface area contributed by atoms with Crippen molar-refractivity contribution >= 4 is 27.5 Å². The fourth-order valence-electron chi connectivity index (χ4n) is 3.42. The van der Waals surface area contributed by atoms with Crippen molar-refractivity contribution in [2.75, 3.05) is 0 Å². The van der Waals surface area contributed by atoms with Crippen LogP contribution in [0.25, 0.3) is 10.2 Å². The van der Waals surface area contributed by atoms with Crippen molar-refractivity contribution < 1.29 is 4.79 Å². The molecule has 0 bridgehead atoms. The molecule has 2 heterocycles. The first-order valence-corrected chi connectivity index (χ1v) is 9.64. The molecule has 4 nitrogen and oxygen atoms in total. The highest BCUT2D eigenvalue weighted by atomic mass is 32.1. The molecule has 0 aliphatic heterocycles. The lowest BCUT2D eigenvalue weighted by atomic mass is 9.71. The number of nitrogens with two attached hydrogens (primary N) is 1. The number of carbonyl (C=O) groups is 1. The summed E-state index contributed by atoms with van der Waals surface area (Å²) >= 11 is 1.39. The van der Waals surface area contributed by atoms with Gasteiger partial charge in [0.05, 0.1) is 4.88 Å². The van der Waals surface area contributed by atoms with Gasteiger partial charge < -0.3 is 11.1 Å². The molecule has 0 radical (unpaired) electrons.